The lowest BCUT2D eigenvalue weighted by Crippen LogP contribution is -2.41. The molecule has 0 saturated heterocycles. The molecule has 94 valence electrons. The minimum absolute atomic E-state index is 0.0132. The quantitative estimate of drug-likeness (QED) is 0.683. The van der Waals surface area contributed by atoms with Crippen molar-refractivity contribution in [3.8, 4) is 0 Å². The van der Waals surface area contributed by atoms with Crippen LogP contribution in [0.25, 0.3) is 0 Å². The molecule has 0 aliphatic heterocycles. The van der Waals surface area contributed by atoms with E-state index in [4.69, 9.17) is 5.73 Å². The van der Waals surface area contributed by atoms with Gasteiger partial charge in [0.1, 0.15) is 0 Å². The Balaban J connectivity index is 1.85. The van der Waals surface area contributed by atoms with Crippen LogP contribution in [0.1, 0.15) is 37.8 Å². The smallest absolute Gasteiger partial charge is 0.224 e. The van der Waals surface area contributed by atoms with E-state index in [9.17, 15) is 4.79 Å². The first-order valence-electron chi connectivity index (χ1n) is 6.29. The van der Waals surface area contributed by atoms with Crippen LogP contribution in [0.5, 0.6) is 0 Å². The highest BCUT2D eigenvalue weighted by Gasteiger charge is 2.26. The Morgan fingerprint density at radius 3 is 3.06 bits per heavy atom. The molecule has 1 aliphatic rings. The van der Waals surface area contributed by atoms with Gasteiger partial charge in [-0.2, -0.15) is 5.10 Å². The molecular weight excluding hydrogens is 216 g/mol. The molecule has 1 aromatic rings. The van der Waals surface area contributed by atoms with E-state index in [2.05, 4.69) is 15.5 Å². The number of nitrogens with zero attached hydrogens (tertiary/aromatic N) is 1. The van der Waals surface area contributed by atoms with Crippen LogP contribution in [0, 0.1) is 5.92 Å². The average Bonchev–Trinajstić information content (AvgIpc) is 2.75. The number of hydrogen-bond acceptors (Lipinski definition) is 3. The minimum atomic E-state index is -0.0274. The Labute approximate surface area is 101 Å². The monoisotopic (exact) mass is 236 g/mol. The topological polar surface area (TPSA) is 83.8 Å². The van der Waals surface area contributed by atoms with Gasteiger partial charge in [0.05, 0.1) is 18.2 Å². The zero-order valence-electron chi connectivity index (χ0n) is 9.98. The lowest BCUT2D eigenvalue weighted by Gasteiger charge is -2.20. The van der Waals surface area contributed by atoms with Gasteiger partial charge < -0.3 is 11.1 Å². The summed E-state index contributed by atoms with van der Waals surface area (Å²) in [4.78, 5) is 12.0. The zero-order chi connectivity index (χ0) is 12.1. The molecule has 0 aromatic carbocycles. The second kappa shape index (κ2) is 5.82. The Kier molecular flexibility index (Phi) is 4.14. The Morgan fingerprint density at radius 2 is 2.29 bits per heavy atom. The van der Waals surface area contributed by atoms with E-state index in [-0.39, 0.29) is 17.9 Å². The lowest BCUT2D eigenvalue weighted by atomic mass is 9.94. The molecule has 1 saturated carbocycles. The Morgan fingerprint density at radius 1 is 1.47 bits per heavy atom. The van der Waals surface area contributed by atoms with Crippen LogP contribution in [0.2, 0.25) is 0 Å². The summed E-state index contributed by atoms with van der Waals surface area (Å²) in [7, 11) is 0. The molecule has 2 rings (SSSR count). The van der Waals surface area contributed by atoms with Gasteiger partial charge in [0.15, 0.2) is 0 Å². The zero-order valence-corrected chi connectivity index (χ0v) is 9.98. The normalized spacial score (nSPS) is 25.2. The van der Waals surface area contributed by atoms with Crippen LogP contribution in [-0.4, -0.2) is 22.1 Å². The van der Waals surface area contributed by atoms with Gasteiger partial charge in [0.25, 0.3) is 0 Å². The summed E-state index contributed by atoms with van der Waals surface area (Å²) in [5.41, 5.74) is 6.97. The van der Waals surface area contributed by atoms with Crippen molar-refractivity contribution in [3.63, 3.8) is 0 Å². The standard InChI is InChI=1S/C12H20N4O/c13-11-5-3-1-2-4-10(11)12(17)14-8-9-6-7-15-16-9/h6-7,10-11H,1-5,8,13H2,(H,14,17)(H,15,16). The number of aromatic amines is 1. The van der Waals surface area contributed by atoms with Crippen molar-refractivity contribution in [1.29, 1.82) is 0 Å². The second-order valence-corrected chi connectivity index (χ2v) is 4.71. The van der Waals surface area contributed by atoms with Crippen molar-refractivity contribution in [2.75, 3.05) is 0 Å². The molecule has 2 atom stereocenters. The fourth-order valence-corrected chi connectivity index (χ4v) is 2.36. The predicted octanol–water partition coefficient (Wildman–Crippen LogP) is 0.933. The number of rotatable bonds is 3. The van der Waals surface area contributed by atoms with Crippen molar-refractivity contribution in [2.24, 2.45) is 11.7 Å². The van der Waals surface area contributed by atoms with Crippen molar-refractivity contribution >= 4 is 5.91 Å². The summed E-state index contributed by atoms with van der Waals surface area (Å²) in [6.07, 6.45) is 7.00. The van der Waals surface area contributed by atoms with Crippen molar-refractivity contribution in [3.05, 3.63) is 18.0 Å². The van der Waals surface area contributed by atoms with Crippen LogP contribution in [0.3, 0.4) is 0 Å². The molecule has 0 radical (unpaired) electrons. The fraction of sp³-hybridized carbons (Fsp3) is 0.667. The Bertz CT molecular complexity index is 349. The SMILES string of the molecule is NC1CCCCCC1C(=O)NCc1ccn[nH]1. The van der Waals surface area contributed by atoms with Gasteiger partial charge in [-0.05, 0) is 18.9 Å². The van der Waals surface area contributed by atoms with E-state index in [1.165, 1.54) is 6.42 Å². The van der Waals surface area contributed by atoms with E-state index in [1.54, 1.807) is 6.20 Å². The number of aromatic nitrogens is 2. The van der Waals surface area contributed by atoms with Crippen molar-refractivity contribution < 1.29 is 4.79 Å². The van der Waals surface area contributed by atoms with Crippen LogP contribution >= 0.6 is 0 Å². The summed E-state index contributed by atoms with van der Waals surface area (Å²) in [6, 6.07) is 1.87. The first-order valence-corrected chi connectivity index (χ1v) is 6.29. The summed E-state index contributed by atoms with van der Waals surface area (Å²) in [6.45, 7) is 0.502. The van der Waals surface area contributed by atoms with Gasteiger partial charge in [-0.25, -0.2) is 0 Å². The molecular formula is C12H20N4O. The van der Waals surface area contributed by atoms with E-state index >= 15 is 0 Å². The molecule has 1 aromatic heterocycles. The number of amides is 1. The molecule has 1 amide bonds. The molecule has 4 N–H and O–H groups in total. The molecule has 1 aliphatic carbocycles. The first kappa shape index (κ1) is 12.1. The average molecular weight is 236 g/mol. The fourth-order valence-electron chi connectivity index (χ4n) is 2.36. The van der Waals surface area contributed by atoms with E-state index < -0.39 is 0 Å². The largest absolute Gasteiger partial charge is 0.350 e. The van der Waals surface area contributed by atoms with Gasteiger partial charge in [-0.3, -0.25) is 9.89 Å². The van der Waals surface area contributed by atoms with E-state index in [0.717, 1.165) is 31.4 Å². The third-order valence-corrected chi connectivity index (χ3v) is 3.42. The van der Waals surface area contributed by atoms with Crippen LogP contribution in [-0.2, 0) is 11.3 Å². The van der Waals surface area contributed by atoms with Gasteiger partial charge in [0.2, 0.25) is 5.91 Å². The maximum absolute atomic E-state index is 12.0. The van der Waals surface area contributed by atoms with E-state index in [1.807, 2.05) is 6.07 Å². The van der Waals surface area contributed by atoms with Crippen LogP contribution in [0.15, 0.2) is 12.3 Å². The lowest BCUT2D eigenvalue weighted by molar-refractivity contribution is -0.126. The molecule has 5 nitrogen and oxygen atoms in total. The predicted molar refractivity (Wildman–Crippen MR) is 65.0 cm³/mol. The molecule has 1 fully saturated rings. The van der Waals surface area contributed by atoms with Gasteiger partial charge >= 0.3 is 0 Å². The highest BCUT2D eigenvalue weighted by Crippen LogP contribution is 2.22. The number of nitrogens with two attached hydrogens (primary N) is 1. The molecule has 2 unspecified atom stereocenters. The maximum atomic E-state index is 12.0. The first-order chi connectivity index (χ1) is 8.27. The van der Waals surface area contributed by atoms with Crippen LogP contribution < -0.4 is 11.1 Å². The second-order valence-electron chi connectivity index (χ2n) is 4.71. The molecule has 0 spiro atoms. The molecule has 5 heteroatoms. The summed E-state index contributed by atoms with van der Waals surface area (Å²) < 4.78 is 0. The minimum Gasteiger partial charge on any atom is -0.350 e. The summed E-state index contributed by atoms with van der Waals surface area (Å²) in [5, 5.41) is 9.59. The highest BCUT2D eigenvalue weighted by molar-refractivity contribution is 5.79. The summed E-state index contributed by atoms with van der Waals surface area (Å²) in [5.74, 6) is 0.0504. The highest BCUT2D eigenvalue weighted by atomic mass is 16.1. The van der Waals surface area contributed by atoms with Gasteiger partial charge in [-0.1, -0.05) is 19.3 Å². The van der Waals surface area contributed by atoms with Gasteiger partial charge in [0, 0.05) is 12.2 Å². The number of nitrogens with one attached hydrogen (secondary N) is 2. The summed E-state index contributed by atoms with van der Waals surface area (Å²) >= 11 is 0. The van der Waals surface area contributed by atoms with E-state index in [0.29, 0.717) is 6.54 Å². The third kappa shape index (κ3) is 3.30. The number of hydrogen-bond donors (Lipinski definition) is 3. The van der Waals surface area contributed by atoms with Gasteiger partial charge in [-0.15, -0.1) is 0 Å². The van der Waals surface area contributed by atoms with Crippen LogP contribution in [0.4, 0.5) is 0 Å². The number of H-pyrrole nitrogens is 1. The molecule has 1 heterocycles. The molecule has 17 heavy (non-hydrogen) atoms. The Hall–Kier alpha value is -1.36. The van der Waals surface area contributed by atoms with Crippen molar-refractivity contribution in [2.45, 2.75) is 44.7 Å². The number of carbonyl (C=O) groups is 1. The van der Waals surface area contributed by atoms with Crippen molar-refractivity contribution in [1.82, 2.24) is 15.5 Å². The number of carbonyl (C=O) groups excluding carboxylic acids is 1. The maximum Gasteiger partial charge on any atom is 0.224 e. The third-order valence-electron chi connectivity index (χ3n) is 3.42. The molecule has 0 bridgehead atoms.